The standard InChI is InChI=1S/C19H15BrN4O3S2/c1-9-14(21-18(20)28-9)8-26-15-4-11(25-3)5-16-12(15)6-17(27-16)13-7-24-19(22-13)29-10(2)23-24/h4-7H,8H2,1-3H3. The Morgan fingerprint density at radius 3 is 2.76 bits per heavy atom. The molecule has 148 valence electrons. The molecule has 7 nitrogen and oxygen atoms in total. The predicted molar refractivity (Wildman–Crippen MR) is 116 cm³/mol. The molecule has 0 N–H and O–H groups in total. The van der Waals surface area contributed by atoms with Crippen molar-refractivity contribution in [2.75, 3.05) is 7.11 Å². The van der Waals surface area contributed by atoms with Crippen LogP contribution >= 0.6 is 38.6 Å². The Hall–Kier alpha value is -2.43. The Kier molecular flexibility index (Phi) is 4.56. The molecule has 0 bridgehead atoms. The van der Waals surface area contributed by atoms with Crippen LogP contribution in [0.25, 0.3) is 27.4 Å². The minimum absolute atomic E-state index is 0.361. The SMILES string of the molecule is COc1cc(OCc2nc(Br)sc2C)c2cc(-c3cn4nc(C)sc4n3)oc2c1. The van der Waals surface area contributed by atoms with Gasteiger partial charge in [0.2, 0.25) is 4.96 Å². The summed E-state index contributed by atoms with van der Waals surface area (Å²) in [5.74, 6) is 1.99. The summed E-state index contributed by atoms with van der Waals surface area (Å²) in [5, 5.41) is 6.23. The first-order valence-electron chi connectivity index (χ1n) is 8.69. The number of hydrogen-bond acceptors (Lipinski definition) is 8. The lowest BCUT2D eigenvalue weighted by atomic mass is 10.2. The van der Waals surface area contributed by atoms with Crippen LogP contribution < -0.4 is 9.47 Å². The summed E-state index contributed by atoms with van der Waals surface area (Å²) in [6, 6.07) is 5.64. The first-order valence-corrected chi connectivity index (χ1v) is 11.1. The summed E-state index contributed by atoms with van der Waals surface area (Å²) >= 11 is 6.55. The first-order chi connectivity index (χ1) is 14.0. The molecule has 4 aromatic heterocycles. The maximum atomic E-state index is 6.10. The zero-order valence-electron chi connectivity index (χ0n) is 15.7. The summed E-state index contributed by atoms with van der Waals surface area (Å²) in [6.45, 7) is 4.34. The highest BCUT2D eigenvalue weighted by Gasteiger charge is 2.17. The molecule has 0 atom stereocenters. The minimum Gasteiger partial charge on any atom is -0.496 e. The van der Waals surface area contributed by atoms with E-state index in [2.05, 4.69) is 31.0 Å². The molecule has 1 aromatic carbocycles. The van der Waals surface area contributed by atoms with Crippen molar-refractivity contribution in [3.05, 3.63) is 43.9 Å². The van der Waals surface area contributed by atoms with Gasteiger partial charge >= 0.3 is 0 Å². The number of ether oxygens (including phenoxy) is 2. The molecular weight excluding hydrogens is 476 g/mol. The van der Waals surface area contributed by atoms with E-state index in [1.807, 2.05) is 38.2 Å². The fourth-order valence-electron chi connectivity index (χ4n) is 3.04. The largest absolute Gasteiger partial charge is 0.496 e. The highest BCUT2D eigenvalue weighted by molar-refractivity contribution is 9.11. The summed E-state index contributed by atoms with van der Waals surface area (Å²) in [7, 11) is 1.62. The summed E-state index contributed by atoms with van der Waals surface area (Å²) < 4.78 is 20.2. The predicted octanol–water partition coefficient (Wildman–Crippen LogP) is 5.63. The van der Waals surface area contributed by atoms with Gasteiger partial charge in [0.1, 0.15) is 34.4 Å². The van der Waals surface area contributed by atoms with Crippen molar-refractivity contribution in [1.29, 1.82) is 0 Å². The monoisotopic (exact) mass is 490 g/mol. The van der Waals surface area contributed by atoms with Crippen molar-refractivity contribution < 1.29 is 13.9 Å². The van der Waals surface area contributed by atoms with Crippen LogP contribution in [0, 0.1) is 13.8 Å². The molecule has 4 heterocycles. The Morgan fingerprint density at radius 2 is 2.03 bits per heavy atom. The molecule has 10 heteroatoms. The van der Waals surface area contributed by atoms with Crippen LogP contribution in [-0.4, -0.2) is 26.7 Å². The van der Waals surface area contributed by atoms with Crippen LogP contribution in [0.15, 0.2) is 32.7 Å². The van der Waals surface area contributed by atoms with E-state index >= 15 is 0 Å². The van der Waals surface area contributed by atoms with Crippen LogP contribution in [-0.2, 0) is 6.61 Å². The molecule has 0 spiro atoms. The van der Waals surface area contributed by atoms with Crippen LogP contribution in [0.1, 0.15) is 15.6 Å². The molecule has 0 aliphatic heterocycles. The number of benzene rings is 1. The molecule has 0 aliphatic carbocycles. The molecule has 5 rings (SSSR count). The third-order valence-electron chi connectivity index (χ3n) is 4.44. The number of hydrogen-bond donors (Lipinski definition) is 0. The lowest BCUT2D eigenvalue weighted by molar-refractivity contribution is 0.302. The Morgan fingerprint density at radius 1 is 1.17 bits per heavy atom. The van der Waals surface area contributed by atoms with Crippen LogP contribution in [0.5, 0.6) is 11.5 Å². The van der Waals surface area contributed by atoms with Gasteiger partial charge < -0.3 is 13.9 Å². The Labute approximate surface area is 182 Å². The second-order valence-corrected chi connectivity index (χ2v) is 10.0. The van der Waals surface area contributed by atoms with Gasteiger partial charge in [-0.25, -0.2) is 14.5 Å². The Balaban J connectivity index is 1.54. The lowest BCUT2D eigenvalue weighted by Crippen LogP contribution is -1.98. The van der Waals surface area contributed by atoms with Gasteiger partial charge in [-0.05, 0) is 35.8 Å². The van der Waals surface area contributed by atoms with Gasteiger partial charge in [0.15, 0.2) is 9.68 Å². The van der Waals surface area contributed by atoms with Crippen LogP contribution in [0.4, 0.5) is 0 Å². The van der Waals surface area contributed by atoms with Gasteiger partial charge in [0.25, 0.3) is 0 Å². The van der Waals surface area contributed by atoms with Gasteiger partial charge in [-0.2, -0.15) is 5.10 Å². The summed E-state index contributed by atoms with van der Waals surface area (Å²) in [5.41, 5.74) is 2.30. The van der Waals surface area contributed by atoms with Crippen molar-refractivity contribution in [2.45, 2.75) is 20.5 Å². The van der Waals surface area contributed by atoms with E-state index in [-0.39, 0.29) is 0 Å². The van der Waals surface area contributed by atoms with Crippen molar-refractivity contribution in [2.24, 2.45) is 0 Å². The van der Waals surface area contributed by atoms with Crippen molar-refractivity contribution in [3.63, 3.8) is 0 Å². The molecule has 29 heavy (non-hydrogen) atoms. The molecule has 0 aliphatic rings. The Bertz CT molecular complexity index is 1320. The summed E-state index contributed by atoms with van der Waals surface area (Å²) in [6.07, 6.45) is 1.87. The molecule has 5 aromatic rings. The van der Waals surface area contributed by atoms with Gasteiger partial charge in [0, 0.05) is 17.0 Å². The second kappa shape index (κ2) is 7.12. The number of furan rings is 1. The number of methoxy groups -OCH3 is 1. The van der Waals surface area contributed by atoms with Gasteiger partial charge in [0.05, 0.1) is 24.4 Å². The molecule has 0 saturated carbocycles. The van der Waals surface area contributed by atoms with E-state index in [0.717, 1.165) is 35.5 Å². The highest BCUT2D eigenvalue weighted by Crippen LogP contribution is 2.37. The van der Waals surface area contributed by atoms with Gasteiger partial charge in [-0.3, -0.25) is 0 Å². The van der Waals surface area contributed by atoms with Gasteiger partial charge in [-0.15, -0.1) is 11.3 Å². The molecule has 0 amide bonds. The third-order valence-corrected chi connectivity index (χ3v) is 6.74. The number of aromatic nitrogens is 4. The molecule has 0 saturated heterocycles. The van der Waals surface area contributed by atoms with E-state index in [1.54, 1.807) is 23.0 Å². The highest BCUT2D eigenvalue weighted by atomic mass is 79.9. The third kappa shape index (κ3) is 3.41. The van der Waals surface area contributed by atoms with Crippen LogP contribution in [0.2, 0.25) is 0 Å². The van der Waals surface area contributed by atoms with E-state index in [9.17, 15) is 0 Å². The number of halogens is 1. The summed E-state index contributed by atoms with van der Waals surface area (Å²) in [4.78, 5) is 11.0. The zero-order chi connectivity index (χ0) is 20.1. The van der Waals surface area contributed by atoms with E-state index < -0.39 is 0 Å². The fraction of sp³-hybridized carbons (Fsp3) is 0.211. The topological polar surface area (TPSA) is 74.7 Å². The smallest absolute Gasteiger partial charge is 0.212 e. The normalized spacial score (nSPS) is 11.6. The van der Waals surface area contributed by atoms with Gasteiger partial charge in [-0.1, -0.05) is 11.3 Å². The fourth-order valence-corrected chi connectivity index (χ4v) is 5.33. The molecule has 0 radical (unpaired) electrons. The zero-order valence-corrected chi connectivity index (χ0v) is 18.9. The van der Waals surface area contributed by atoms with Crippen molar-refractivity contribution >= 4 is 54.5 Å². The van der Waals surface area contributed by atoms with Crippen LogP contribution in [0.3, 0.4) is 0 Å². The number of fused-ring (bicyclic) bond motifs is 2. The van der Waals surface area contributed by atoms with E-state index in [1.165, 1.54) is 11.3 Å². The molecule has 0 fully saturated rings. The number of thiazole rings is 1. The van der Waals surface area contributed by atoms with E-state index in [0.29, 0.717) is 29.4 Å². The minimum atomic E-state index is 0.361. The van der Waals surface area contributed by atoms with Crippen molar-refractivity contribution in [3.8, 4) is 23.0 Å². The maximum absolute atomic E-state index is 6.10. The average molecular weight is 491 g/mol. The maximum Gasteiger partial charge on any atom is 0.212 e. The number of nitrogens with zero attached hydrogens (tertiary/aromatic N) is 4. The lowest BCUT2D eigenvalue weighted by Gasteiger charge is -2.08. The number of imidazole rings is 1. The second-order valence-electron chi connectivity index (χ2n) is 6.38. The average Bonchev–Trinajstić information content (AvgIpc) is 3.41. The number of aryl methyl sites for hydroxylation is 2. The first kappa shape index (κ1) is 18.6. The van der Waals surface area contributed by atoms with E-state index in [4.69, 9.17) is 13.9 Å². The number of rotatable bonds is 5. The molecular formula is C19H15BrN4O3S2. The molecule has 0 unspecified atom stereocenters. The van der Waals surface area contributed by atoms with Crippen molar-refractivity contribution in [1.82, 2.24) is 19.6 Å². The quantitative estimate of drug-likeness (QED) is 0.317.